The van der Waals surface area contributed by atoms with Crippen LogP contribution in [0.5, 0.6) is 0 Å². The summed E-state index contributed by atoms with van der Waals surface area (Å²) in [5, 5.41) is 11.7. The van der Waals surface area contributed by atoms with Crippen molar-refractivity contribution in [1.82, 2.24) is 14.7 Å². The van der Waals surface area contributed by atoms with Crippen LogP contribution in [-0.4, -0.2) is 58.7 Å². The minimum Gasteiger partial charge on any atom is -0.475 e. The van der Waals surface area contributed by atoms with E-state index in [-0.39, 0.29) is 11.2 Å². The highest BCUT2D eigenvalue weighted by molar-refractivity contribution is 7.92. The Bertz CT molecular complexity index is 1360. The van der Waals surface area contributed by atoms with Crippen molar-refractivity contribution in [3.05, 3.63) is 71.0 Å². The van der Waals surface area contributed by atoms with Gasteiger partial charge in [-0.15, -0.1) is 0 Å². The van der Waals surface area contributed by atoms with Crippen molar-refractivity contribution in [1.29, 1.82) is 0 Å². The number of fused-ring (bicyclic) bond motifs is 3. The molecule has 2 unspecified atom stereocenters. The number of hydrogen-bond donors (Lipinski definition) is 1. The number of alkyl halides is 3. The van der Waals surface area contributed by atoms with Crippen LogP contribution in [0, 0.1) is 0 Å². The Kier molecular flexibility index (Phi) is 6.69. The third-order valence-corrected chi connectivity index (χ3v) is 8.57. The zero-order chi connectivity index (χ0) is 25.5. The fourth-order valence-electron chi connectivity index (χ4n) is 4.45. The van der Waals surface area contributed by atoms with Gasteiger partial charge in [0, 0.05) is 49.4 Å². The molecule has 3 heterocycles. The molecule has 0 bridgehead atoms. The summed E-state index contributed by atoms with van der Waals surface area (Å²) >= 11 is 5.97. The molecule has 5 rings (SSSR count). The van der Waals surface area contributed by atoms with Crippen LogP contribution >= 0.6 is 11.6 Å². The van der Waals surface area contributed by atoms with Crippen LogP contribution in [-0.2, 0) is 28.2 Å². The van der Waals surface area contributed by atoms with E-state index in [2.05, 4.69) is 10.00 Å². The zero-order valence-corrected chi connectivity index (χ0v) is 20.0. The van der Waals surface area contributed by atoms with Gasteiger partial charge in [0.25, 0.3) is 0 Å². The maximum atomic E-state index is 13.1. The lowest BCUT2D eigenvalue weighted by atomic mass is 9.95. The molecule has 2 aromatic carbocycles. The van der Waals surface area contributed by atoms with Crippen molar-refractivity contribution in [2.24, 2.45) is 7.05 Å². The van der Waals surface area contributed by atoms with Gasteiger partial charge in [0.1, 0.15) is 0 Å². The van der Waals surface area contributed by atoms with Gasteiger partial charge in [0.2, 0.25) is 0 Å². The quantitative estimate of drug-likeness (QED) is 0.550. The van der Waals surface area contributed by atoms with Gasteiger partial charge in [-0.2, -0.15) is 18.3 Å². The van der Waals surface area contributed by atoms with Gasteiger partial charge in [-0.05, 0) is 41.0 Å². The average molecular weight is 528 g/mol. The average Bonchev–Trinajstić information content (AvgIpc) is 3.45. The minimum atomic E-state index is -5.08. The van der Waals surface area contributed by atoms with Crippen LogP contribution in [0.1, 0.15) is 17.0 Å². The Morgan fingerprint density at radius 2 is 1.80 bits per heavy atom. The molecule has 0 saturated carbocycles. The number of carboxylic acid groups (broad SMARTS) is 1. The third kappa shape index (κ3) is 5.21. The lowest BCUT2D eigenvalue weighted by Gasteiger charge is -2.17. The van der Waals surface area contributed by atoms with Crippen molar-refractivity contribution in [3.63, 3.8) is 0 Å². The Labute approximate surface area is 204 Å². The van der Waals surface area contributed by atoms with Crippen LogP contribution in [0.15, 0.2) is 59.8 Å². The normalized spacial score (nSPS) is 20.6. The van der Waals surface area contributed by atoms with E-state index in [9.17, 15) is 21.6 Å². The molecule has 2 aliphatic rings. The lowest BCUT2D eigenvalue weighted by molar-refractivity contribution is -0.192. The topological polar surface area (TPSA) is 92.5 Å². The number of aryl methyl sites for hydroxylation is 1. The minimum absolute atomic E-state index is 0.0175. The van der Waals surface area contributed by atoms with E-state index < -0.39 is 22.0 Å². The highest BCUT2D eigenvalue weighted by Crippen LogP contribution is 2.46. The Morgan fingerprint density at radius 3 is 2.37 bits per heavy atom. The summed E-state index contributed by atoms with van der Waals surface area (Å²) in [5.74, 6) is -2.74. The number of benzene rings is 2. The summed E-state index contributed by atoms with van der Waals surface area (Å²) in [6.45, 7) is 2.04. The molecule has 2 atom stereocenters. The van der Waals surface area contributed by atoms with Gasteiger partial charge >= 0.3 is 12.1 Å². The molecule has 3 aromatic rings. The number of aliphatic carboxylic acids is 1. The number of carbonyl (C=O) groups is 1. The van der Waals surface area contributed by atoms with E-state index in [1.807, 2.05) is 55.8 Å². The SMILES string of the molecule is Cn1cc(-c2ccc3c(c2)C2CN(Cc4ccc(Cl)cc4)CC2S3(=O)=O)cn1.O=C(O)C(F)(F)F. The standard InChI is InChI=1S/C21H20ClN3O2S.C2HF3O2/c1-24-11-16(9-23-24)15-4-7-20-18(8-15)19-12-25(13-21(19)28(20,26)27)10-14-2-5-17(22)6-3-14;3-2(4,5)1(6)7/h2-9,11,19,21H,10,12-13H2,1H3;(H,6,7). The first-order valence-electron chi connectivity index (χ1n) is 10.5. The van der Waals surface area contributed by atoms with Crippen molar-refractivity contribution < 1.29 is 31.5 Å². The first kappa shape index (κ1) is 25.2. The molecule has 1 aromatic heterocycles. The smallest absolute Gasteiger partial charge is 0.475 e. The molecule has 0 aliphatic carbocycles. The van der Waals surface area contributed by atoms with Crippen LogP contribution in [0.3, 0.4) is 0 Å². The number of rotatable bonds is 3. The Hall–Kier alpha value is -2.89. The van der Waals surface area contributed by atoms with Crippen molar-refractivity contribution in [2.45, 2.75) is 28.8 Å². The predicted molar refractivity (Wildman–Crippen MR) is 123 cm³/mol. The number of aromatic nitrogens is 2. The van der Waals surface area contributed by atoms with Gasteiger partial charge in [-0.25, -0.2) is 13.2 Å². The molecule has 1 N–H and O–H groups in total. The molecule has 35 heavy (non-hydrogen) atoms. The second-order valence-electron chi connectivity index (χ2n) is 8.47. The van der Waals surface area contributed by atoms with Crippen molar-refractivity contribution in [2.75, 3.05) is 13.1 Å². The zero-order valence-electron chi connectivity index (χ0n) is 18.4. The Morgan fingerprint density at radius 1 is 1.14 bits per heavy atom. The fraction of sp³-hybridized carbons (Fsp3) is 0.304. The first-order valence-corrected chi connectivity index (χ1v) is 12.4. The summed E-state index contributed by atoms with van der Waals surface area (Å²) < 4.78 is 59.7. The number of carboxylic acids is 1. The third-order valence-electron chi connectivity index (χ3n) is 6.06. The Balaban J connectivity index is 0.000000364. The molecule has 1 saturated heterocycles. The van der Waals surface area contributed by atoms with Gasteiger partial charge in [0.05, 0.1) is 16.3 Å². The van der Waals surface area contributed by atoms with Crippen LogP contribution in [0.2, 0.25) is 5.02 Å². The summed E-state index contributed by atoms with van der Waals surface area (Å²) in [5.41, 5.74) is 4.11. The van der Waals surface area contributed by atoms with Gasteiger partial charge < -0.3 is 5.11 Å². The van der Waals surface area contributed by atoms with Crippen LogP contribution in [0.25, 0.3) is 11.1 Å². The molecular formula is C23H21ClF3N3O4S. The maximum Gasteiger partial charge on any atom is 0.490 e. The molecule has 0 amide bonds. The lowest BCUT2D eigenvalue weighted by Crippen LogP contribution is -2.25. The van der Waals surface area contributed by atoms with Crippen LogP contribution < -0.4 is 0 Å². The second kappa shape index (κ2) is 9.29. The monoisotopic (exact) mass is 527 g/mol. The molecule has 0 radical (unpaired) electrons. The molecular weight excluding hydrogens is 507 g/mol. The van der Waals surface area contributed by atoms with E-state index >= 15 is 0 Å². The maximum absolute atomic E-state index is 13.1. The summed E-state index contributed by atoms with van der Waals surface area (Å²) in [6.07, 6.45) is -1.33. The van der Waals surface area contributed by atoms with E-state index in [4.69, 9.17) is 21.5 Å². The van der Waals surface area contributed by atoms with Crippen LogP contribution in [0.4, 0.5) is 13.2 Å². The molecule has 7 nitrogen and oxygen atoms in total. The highest BCUT2D eigenvalue weighted by Gasteiger charge is 2.50. The van der Waals surface area contributed by atoms with Gasteiger partial charge in [-0.1, -0.05) is 29.8 Å². The van der Waals surface area contributed by atoms with E-state index in [1.165, 1.54) is 0 Å². The van der Waals surface area contributed by atoms with Gasteiger partial charge in [0.15, 0.2) is 9.84 Å². The summed E-state index contributed by atoms with van der Waals surface area (Å²) in [4.78, 5) is 11.6. The summed E-state index contributed by atoms with van der Waals surface area (Å²) in [7, 11) is -1.41. The fourth-order valence-corrected chi connectivity index (χ4v) is 6.77. The molecule has 186 valence electrons. The van der Waals surface area contributed by atoms with Crippen molar-refractivity contribution in [3.8, 4) is 11.1 Å². The molecule has 2 aliphatic heterocycles. The molecule has 0 spiro atoms. The second-order valence-corrected chi connectivity index (χ2v) is 11.0. The number of nitrogens with zero attached hydrogens (tertiary/aromatic N) is 3. The predicted octanol–water partition coefficient (Wildman–Crippen LogP) is 4.13. The van der Waals surface area contributed by atoms with Gasteiger partial charge in [-0.3, -0.25) is 9.58 Å². The largest absolute Gasteiger partial charge is 0.490 e. The number of sulfone groups is 1. The first-order chi connectivity index (χ1) is 16.4. The van der Waals surface area contributed by atoms with Crippen molar-refractivity contribution >= 4 is 27.4 Å². The highest BCUT2D eigenvalue weighted by atomic mass is 35.5. The van der Waals surface area contributed by atoms with E-state index in [0.29, 0.717) is 16.5 Å². The van der Waals surface area contributed by atoms with E-state index in [1.54, 1.807) is 10.7 Å². The number of hydrogen-bond acceptors (Lipinski definition) is 5. The molecule has 12 heteroatoms. The number of likely N-dealkylation sites (tertiary alicyclic amines) is 1. The van der Waals surface area contributed by atoms with E-state index in [0.717, 1.165) is 35.3 Å². The number of halogens is 4. The summed E-state index contributed by atoms with van der Waals surface area (Å²) in [6, 6.07) is 13.5. The molecule has 1 fully saturated rings.